The summed E-state index contributed by atoms with van der Waals surface area (Å²) in [5.74, 6) is 0.893. The summed E-state index contributed by atoms with van der Waals surface area (Å²) in [6.07, 6.45) is 12.0. The molecule has 1 aliphatic heterocycles. The third kappa shape index (κ3) is 5.42. The van der Waals surface area contributed by atoms with Gasteiger partial charge < -0.3 is 15.4 Å². The fourth-order valence-electron chi connectivity index (χ4n) is 3.08. The van der Waals surface area contributed by atoms with E-state index >= 15 is 0 Å². The highest BCUT2D eigenvalue weighted by molar-refractivity contribution is 5.74. The van der Waals surface area contributed by atoms with Gasteiger partial charge in [0, 0.05) is 25.5 Å². The fraction of sp³-hybridized carbons (Fsp3) is 0.391. The highest BCUT2D eigenvalue weighted by Crippen LogP contribution is 2.18. The van der Waals surface area contributed by atoms with Gasteiger partial charge in [0.05, 0.1) is 16.7 Å². The van der Waals surface area contributed by atoms with Crippen LogP contribution in [0.25, 0.3) is 11.0 Å². The molecule has 0 amide bonds. The van der Waals surface area contributed by atoms with Crippen LogP contribution in [-0.2, 0) is 11.3 Å². The van der Waals surface area contributed by atoms with Crippen molar-refractivity contribution in [1.82, 2.24) is 20.6 Å². The van der Waals surface area contributed by atoms with Crippen LogP contribution in [0, 0.1) is 0 Å². The van der Waals surface area contributed by atoms with Crippen LogP contribution in [0.15, 0.2) is 65.9 Å². The van der Waals surface area contributed by atoms with E-state index in [0.717, 1.165) is 54.0 Å². The van der Waals surface area contributed by atoms with Crippen LogP contribution >= 0.6 is 0 Å². The maximum atomic E-state index is 6.32. The lowest BCUT2D eigenvalue weighted by molar-refractivity contribution is 0.136. The van der Waals surface area contributed by atoms with Gasteiger partial charge in [0.1, 0.15) is 11.9 Å². The van der Waals surface area contributed by atoms with E-state index in [2.05, 4.69) is 64.8 Å². The topological polar surface area (TPSA) is 59.1 Å². The first-order valence-corrected chi connectivity index (χ1v) is 10.0. The number of benzene rings is 1. The van der Waals surface area contributed by atoms with Gasteiger partial charge >= 0.3 is 0 Å². The van der Waals surface area contributed by atoms with Crippen LogP contribution < -0.4 is 10.6 Å². The van der Waals surface area contributed by atoms with Crippen molar-refractivity contribution in [2.45, 2.75) is 46.3 Å². The predicted octanol–water partition coefficient (Wildman–Crippen LogP) is 4.24. The van der Waals surface area contributed by atoms with E-state index in [1.54, 1.807) is 12.4 Å². The molecule has 1 aromatic carbocycles. The quantitative estimate of drug-likeness (QED) is 0.531. The van der Waals surface area contributed by atoms with Crippen molar-refractivity contribution >= 4 is 11.0 Å². The molecule has 1 aromatic heterocycles. The van der Waals surface area contributed by atoms with Gasteiger partial charge in [0.2, 0.25) is 0 Å². The first-order chi connectivity index (χ1) is 13.7. The number of ether oxygens (including phenoxy) is 1. The number of hydrogen-bond donors (Lipinski definition) is 2. The lowest BCUT2D eigenvalue weighted by Crippen LogP contribution is -2.21. The molecule has 0 aliphatic carbocycles. The maximum absolute atomic E-state index is 6.32. The molecular weight excluding hydrogens is 348 g/mol. The van der Waals surface area contributed by atoms with Crippen molar-refractivity contribution in [2.24, 2.45) is 0 Å². The SMILES string of the molecule is C\C=C(NCc1ccc2nccnc2c1)/C(=C\C=C(/C)CC)OC1CCNC1. The summed E-state index contributed by atoms with van der Waals surface area (Å²) in [6.45, 7) is 8.95. The number of nitrogens with one attached hydrogen (secondary N) is 2. The summed E-state index contributed by atoms with van der Waals surface area (Å²) >= 11 is 0. The van der Waals surface area contributed by atoms with Crippen molar-refractivity contribution in [3.8, 4) is 0 Å². The second-order valence-electron chi connectivity index (χ2n) is 7.07. The third-order valence-electron chi connectivity index (χ3n) is 4.96. The lowest BCUT2D eigenvalue weighted by Gasteiger charge is -2.19. The van der Waals surface area contributed by atoms with Crippen molar-refractivity contribution in [3.63, 3.8) is 0 Å². The monoisotopic (exact) mass is 378 g/mol. The molecule has 2 heterocycles. The molecule has 1 unspecified atom stereocenters. The molecule has 0 radical (unpaired) electrons. The van der Waals surface area contributed by atoms with E-state index in [4.69, 9.17) is 4.74 Å². The van der Waals surface area contributed by atoms with Gasteiger partial charge in [-0.25, -0.2) is 0 Å². The largest absolute Gasteiger partial charge is 0.487 e. The second kappa shape index (κ2) is 10.0. The average molecular weight is 379 g/mol. The Morgan fingerprint density at radius 2 is 2.07 bits per heavy atom. The Labute approximate surface area is 167 Å². The van der Waals surface area contributed by atoms with Gasteiger partial charge in [-0.1, -0.05) is 30.7 Å². The Morgan fingerprint density at radius 3 is 2.79 bits per heavy atom. The summed E-state index contributed by atoms with van der Waals surface area (Å²) in [4.78, 5) is 8.73. The number of rotatable bonds is 8. The van der Waals surface area contributed by atoms with Crippen molar-refractivity contribution in [1.29, 1.82) is 0 Å². The first-order valence-electron chi connectivity index (χ1n) is 10.0. The summed E-state index contributed by atoms with van der Waals surface area (Å²) in [7, 11) is 0. The molecule has 1 fully saturated rings. The molecule has 0 bridgehead atoms. The third-order valence-corrected chi connectivity index (χ3v) is 4.96. The molecule has 2 aromatic rings. The van der Waals surface area contributed by atoms with Gasteiger partial charge in [-0.05, 0) is 57.0 Å². The number of hydrogen-bond acceptors (Lipinski definition) is 5. The van der Waals surface area contributed by atoms with Crippen LogP contribution in [0.4, 0.5) is 0 Å². The predicted molar refractivity (Wildman–Crippen MR) is 115 cm³/mol. The Kier molecular flexibility index (Phi) is 7.20. The van der Waals surface area contributed by atoms with Crippen molar-refractivity contribution in [2.75, 3.05) is 13.1 Å². The van der Waals surface area contributed by atoms with Gasteiger partial charge in [0.15, 0.2) is 0 Å². The summed E-state index contributed by atoms with van der Waals surface area (Å²) in [5, 5.41) is 6.90. The Balaban J connectivity index is 1.74. The van der Waals surface area contributed by atoms with Gasteiger partial charge in [0.25, 0.3) is 0 Å². The van der Waals surface area contributed by atoms with Crippen LogP contribution in [-0.4, -0.2) is 29.2 Å². The summed E-state index contributed by atoms with van der Waals surface area (Å²) < 4.78 is 6.32. The number of nitrogens with zero attached hydrogens (tertiary/aromatic N) is 2. The molecule has 5 nitrogen and oxygen atoms in total. The van der Waals surface area contributed by atoms with Gasteiger partial charge in [-0.15, -0.1) is 0 Å². The number of aromatic nitrogens is 2. The molecule has 1 saturated heterocycles. The van der Waals surface area contributed by atoms with Gasteiger partial charge in [-0.3, -0.25) is 9.97 Å². The van der Waals surface area contributed by atoms with E-state index in [-0.39, 0.29) is 6.10 Å². The minimum atomic E-state index is 0.217. The summed E-state index contributed by atoms with van der Waals surface area (Å²) in [6, 6.07) is 6.18. The van der Waals surface area contributed by atoms with Crippen LogP contribution in [0.5, 0.6) is 0 Å². The minimum Gasteiger partial charge on any atom is -0.487 e. The zero-order valence-corrected chi connectivity index (χ0v) is 17.0. The highest BCUT2D eigenvalue weighted by Gasteiger charge is 2.18. The maximum Gasteiger partial charge on any atom is 0.142 e. The average Bonchev–Trinajstić information content (AvgIpc) is 3.25. The Bertz CT molecular complexity index is 879. The first kappa shape index (κ1) is 20.1. The highest BCUT2D eigenvalue weighted by atomic mass is 16.5. The standard InChI is InChI=1S/C23H30N4O/c1-4-17(3)6-9-23(28-19-10-11-24-16-19)20(5-2)27-15-18-7-8-21-22(14-18)26-13-12-25-21/h5-9,12-14,19,24,27H,4,10-11,15-16H2,1-3H3/b17-6+,20-5+,23-9+. The van der Waals surface area contributed by atoms with Crippen LogP contribution in [0.2, 0.25) is 0 Å². The smallest absolute Gasteiger partial charge is 0.142 e. The van der Waals surface area contributed by atoms with Gasteiger partial charge in [-0.2, -0.15) is 0 Å². The second-order valence-corrected chi connectivity index (χ2v) is 7.07. The molecule has 148 valence electrons. The lowest BCUT2D eigenvalue weighted by atomic mass is 10.1. The Hall–Kier alpha value is -2.66. The fourth-order valence-corrected chi connectivity index (χ4v) is 3.08. The van der Waals surface area contributed by atoms with Crippen LogP contribution in [0.1, 0.15) is 39.2 Å². The number of allylic oxidation sites excluding steroid dienone is 4. The molecular formula is C23H30N4O. The molecule has 1 aliphatic rings. The molecule has 2 N–H and O–H groups in total. The zero-order valence-electron chi connectivity index (χ0n) is 17.0. The molecule has 3 rings (SSSR count). The van der Waals surface area contributed by atoms with E-state index in [9.17, 15) is 0 Å². The zero-order chi connectivity index (χ0) is 19.8. The van der Waals surface area contributed by atoms with Crippen LogP contribution in [0.3, 0.4) is 0 Å². The molecule has 28 heavy (non-hydrogen) atoms. The molecule has 1 atom stereocenters. The molecule has 0 spiro atoms. The normalized spacial score (nSPS) is 18.5. The molecule has 0 saturated carbocycles. The van der Waals surface area contributed by atoms with E-state index < -0.39 is 0 Å². The summed E-state index contributed by atoms with van der Waals surface area (Å²) in [5.41, 5.74) is 5.32. The van der Waals surface area contributed by atoms with E-state index in [1.807, 2.05) is 13.0 Å². The van der Waals surface area contributed by atoms with E-state index in [0.29, 0.717) is 6.54 Å². The van der Waals surface area contributed by atoms with E-state index in [1.165, 1.54) is 5.57 Å². The molecule has 5 heteroatoms. The Morgan fingerprint density at radius 1 is 1.25 bits per heavy atom. The van der Waals surface area contributed by atoms with Crippen molar-refractivity contribution < 1.29 is 4.74 Å². The number of fused-ring (bicyclic) bond motifs is 1. The minimum absolute atomic E-state index is 0.217. The van der Waals surface area contributed by atoms with Crippen molar-refractivity contribution in [3.05, 3.63) is 71.4 Å².